The highest BCUT2D eigenvalue weighted by atomic mass is 32.1. The Kier molecular flexibility index (Phi) is 10.5. The lowest BCUT2D eigenvalue weighted by atomic mass is 10.1. The molecule has 0 bridgehead atoms. The van der Waals surface area contributed by atoms with Crippen molar-refractivity contribution in [3.8, 4) is 0 Å². The first kappa shape index (κ1) is 26.4. The molecule has 0 saturated carbocycles. The first-order chi connectivity index (χ1) is 16.5. The van der Waals surface area contributed by atoms with E-state index >= 15 is 0 Å². The summed E-state index contributed by atoms with van der Waals surface area (Å²) in [6, 6.07) is 8.29. The minimum atomic E-state index is -0.299. The first-order valence-electron chi connectivity index (χ1n) is 12.4. The summed E-state index contributed by atoms with van der Waals surface area (Å²) >= 11 is 1.62. The molecule has 2 heterocycles. The quantitative estimate of drug-likeness (QED) is 0.340. The number of thiophene rings is 1. The zero-order valence-corrected chi connectivity index (χ0v) is 21.2. The van der Waals surface area contributed by atoms with Crippen molar-refractivity contribution in [3.63, 3.8) is 0 Å². The molecule has 0 radical (unpaired) electrons. The Bertz CT molecular complexity index is 909. The van der Waals surface area contributed by atoms with Gasteiger partial charge in [0.15, 0.2) is 0 Å². The van der Waals surface area contributed by atoms with Gasteiger partial charge in [0, 0.05) is 31.0 Å². The van der Waals surface area contributed by atoms with Gasteiger partial charge in [0.2, 0.25) is 11.8 Å². The largest absolute Gasteiger partial charge is 0.376 e. The molecule has 186 valence electrons. The first-order valence-corrected chi connectivity index (χ1v) is 13.3. The second-order valence-electron chi connectivity index (χ2n) is 9.12. The molecule has 1 fully saturated rings. The highest BCUT2D eigenvalue weighted by Gasteiger charge is 2.26. The molecule has 1 aromatic heterocycles. The van der Waals surface area contributed by atoms with Crippen molar-refractivity contribution in [2.24, 2.45) is 0 Å². The fourth-order valence-corrected chi connectivity index (χ4v) is 5.12. The van der Waals surface area contributed by atoms with Gasteiger partial charge < -0.3 is 14.5 Å². The summed E-state index contributed by atoms with van der Waals surface area (Å²) in [5, 5.41) is 2.02. The van der Waals surface area contributed by atoms with Crippen molar-refractivity contribution in [2.75, 3.05) is 19.7 Å². The number of amides is 2. The van der Waals surface area contributed by atoms with E-state index in [4.69, 9.17) is 4.74 Å². The Labute approximate surface area is 206 Å². The summed E-state index contributed by atoms with van der Waals surface area (Å²) in [6.45, 7) is 6.24. The number of ether oxygens (including phenoxy) is 1. The lowest BCUT2D eigenvalue weighted by Gasteiger charge is -2.29. The van der Waals surface area contributed by atoms with Crippen LogP contribution in [-0.4, -0.2) is 47.4 Å². The molecule has 2 amide bonds. The molecule has 2 aromatic rings. The zero-order valence-electron chi connectivity index (χ0n) is 20.4. The van der Waals surface area contributed by atoms with Crippen molar-refractivity contribution in [1.82, 2.24) is 9.80 Å². The number of unbranched alkanes of at least 4 members (excludes halogenated alkanes) is 3. The van der Waals surface area contributed by atoms with Crippen molar-refractivity contribution < 1.29 is 18.7 Å². The van der Waals surface area contributed by atoms with Gasteiger partial charge in [-0.2, -0.15) is 0 Å². The standard InChI is InChI=1S/C27H37FN2O3S/c1-3-4-5-6-9-26(31)30(18-24-8-7-15-33-24)20-27(32)29(19-25-21(2)14-16-34-25)17-22-10-12-23(28)13-11-22/h10-14,16,24H,3-9,15,17-20H2,1-2H3. The van der Waals surface area contributed by atoms with Gasteiger partial charge in [0.1, 0.15) is 5.82 Å². The Morgan fingerprint density at radius 3 is 2.50 bits per heavy atom. The smallest absolute Gasteiger partial charge is 0.242 e. The molecule has 1 saturated heterocycles. The number of hydrogen-bond donors (Lipinski definition) is 0. The summed E-state index contributed by atoms with van der Waals surface area (Å²) in [7, 11) is 0. The normalized spacial score (nSPS) is 15.4. The topological polar surface area (TPSA) is 49.9 Å². The van der Waals surface area contributed by atoms with E-state index in [9.17, 15) is 14.0 Å². The average molecular weight is 489 g/mol. The summed E-state index contributed by atoms with van der Waals surface area (Å²) in [4.78, 5) is 31.2. The third-order valence-corrected chi connectivity index (χ3v) is 7.32. The Hall–Kier alpha value is -2.25. The lowest BCUT2D eigenvalue weighted by Crippen LogP contribution is -2.45. The molecular formula is C27H37FN2O3S. The van der Waals surface area contributed by atoms with Crippen molar-refractivity contribution in [3.05, 3.63) is 57.5 Å². The van der Waals surface area contributed by atoms with E-state index in [1.165, 1.54) is 12.1 Å². The number of benzene rings is 1. The third kappa shape index (κ3) is 8.20. The second-order valence-corrected chi connectivity index (χ2v) is 10.1. The molecule has 1 aliphatic heterocycles. The van der Waals surface area contributed by atoms with Crippen molar-refractivity contribution in [1.29, 1.82) is 0 Å². The molecule has 1 unspecified atom stereocenters. The molecule has 1 aromatic carbocycles. The van der Waals surface area contributed by atoms with Gasteiger partial charge in [-0.15, -0.1) is 11.3 Å². The molecule has 0 spiro atoms. The van der Waals surface area contributed by atoms with Crippen molar-refractivity contribution >= 4 is 23.2 Å². The monoisotopic (exact) mass is 488 g/mol. The predicted molar refractivity (Wildman–Crippen MR) is 134 cm³/mol. The minimum absolute atomic E-state index is 0.00233. The Balaban J connectivity index is 1.72. The van der Waals surface area contributed by atoms with Gasteiger partial charge in [-0.1, -0.05) is 38.3 Å². The zero-order chi connectivity index (χ0) is 24.3. The van der Waals surface area contributed by atoms with Gasteiger partial charge in [-0.25, -0.2) is 4.39 Å². The highest BCUT2D eigenvalue weighted by Crippen LogP contribution is 2.21. The summed E-state index contributed by atoms with van der Waals surface area (Å²) in [6.07, 6.45) is 6.47. The Morgan fingerprint density at radius 2 is 1.85 bits per heavy atom. The molecule has 1 aliphatic rings. The van der Waals surface area contributed by atoms with E-state index in [2.05, 4.69) is 6.92 Å². The van der Waals surface area contributed by atoms with E-state index in [-0.39, 0.29) is 30.3 Å². The fraction of sp³-hybridized carbons (Fsp3) is 0.556. The summed E-state index contributed by atoms with van der Waals surface area (Å²) in [5.41, 5.74) is 2.01. The maximum absolute atomic E-state index is 13.5. The molecule has 0 aliphatic carbocycles. The highest BCUT2D eigenvalue weighted by molar-refractivity contribution is 7.10. The summed E-state index contributed by atoms with van der Waals surface area (Å²) in [5.74, 6) is -0.377. The van der Waals surface area contributed by atoms with Crippen LogP contribution in [0.3, 0.4) is 0 Å². The van der Waals surface area contributed by atoms with E-state index in [1.54, 1.807) is 33.3 Å². The van der Waals surface area contributed by atoms with Crippen LogP contribution in [0.25, 0.3) is 0 Å². The number of rotatable bonds is 13. The van der Waals surface area contributed by atoms with Gasteiger partial charge in [-0.3, -0.25) is 9.59 Å². The number of carbonyl (C=O) groups excluding carboxylic acids is 2. The SMILES string of the molecule is CCCCCCC(=O)N(CC(=O)N(Cc1ccc(F)cc1)Cc1sccc1C)CC1CCCO1. The van der Waals surface area contributed by atoms with E-state index in [1.807, 2.05) is 18.4 Å². The number of nitrogens with zero attached hydrogens (tertiary/aromatic N) is 2. The number of hydrogen-bond acceptors (Lipinski definition) is 4. The molecule has 7 heteroatoms. The fourth-order valence-electron chi connectivity index (χ4n) is 4.19. The van der Waals surface area contributed by atoms with Crippen molar-refractivity contribution in [2.45, 2.75) is 78.0 Å². The lowest BCUT2D eigenvalue weighted by molar-refractivity contribution is -0.142. The van der Waals surface area contributed by atoms with Gasteiger partial charge in [-0.05, 0) is 60.9 Å². The van der Waals surface area contributed by atoms with Gasteiger partial charge >= 0.3 is 0 Å². The number of halogens is 1. The molecule has 3 rings (SSSR count). The van der Waals surface area contributed by atoms with E-state index in [0.717, 1.165) is 54.5 Å². The molecule has 0 N–H and O–H groups in total. The van der Waals surface area contributed by atoms with Crippen LogP contribution in [0.4, 0.5) is 4.39 Å². The predicted octanol–water partition coefficient (Wildman–Crippen LogP) is 5.70. The molecular weight excluding hydrogens is 451 g/mol. The number of carbonyl (C=O) groups is 2. The average Bonchev–Trinajstić information content (AvgIpc) is 3.49. The van der Waals surface area contributed by atoms with Crippen LogP contribution in [0.15, 0.2) is 35.7 Å². The van der Waals surface area contributed by atoms with E-state index < -0.39 is 0 Å². The number of aryl methyl sites for hydroxylation is 1. The van der Waals surface area contributed by atoms with Crippen LogP contribution in [0.5, 0.6) is 0 Å². The van der Waals surface area contributed by atoms with Crippen LogP contribution in [0.2, 0.25) is 0 Å². The maximum atomic E-state index is 13.5. The second kappa shape index (κ2) is 13.6. The molecule has 34 heavy (non-hydrogen) atoms. The molecule has 5 nitrogen and oxygen atoms in total. The van der Waals surface area contributed by atoms with E-state index in [0.29, 0.717) is 32.7 Å². The van der Waals surface area contributed by atoms with Gasteiger partial charge in [0.25, 0.3) is 0 Å². The van der Waals surface area contributed by atoms with Crippen LogP contribution >= 0.6 is 11.3 Å². The third-order valence-electron chi connectivity index (χ3n) is 6.31. The van der Waals surface area contributed by atoms with Gasteiger partial charge in [0.05, 0.1) is 19.2 Å². The van der Waals surface area contributed by atoms with Crippen LogP contribution in [-0.2, 0) is 27.4 Å². The van der Waals surface area contributed by atoms with Crippen LogP contribution in [0, 0.1) is 12.7 Å². The minimum Gasteiger partial charge on any atom is -0.376 e. The summed E-state index contributed by atoms with van der Waals surface area (Å²) < 4.78 is 19.2. The van der Waals surface area contributed by atoms with Crippen LogP contribution < -0.4 is 0 Å². The molecule has 1 atom stereocenters. The maximum Gasteiger partial charge on any atom is 0.242 e. The Morgan fingerprint density at radius 1 is 1.06 bits per heavy atom. The van der Waals surface area contributed by atoms with Crippen LogP contribution in [0.1, 0.15) is 67.9 Å².